The minimum atomic E-state index is -4.52. The zero-order valence-electron chi connectivity index (χ0n) is 17.9. The van der Waals surface area contributed by atoms with Crippen molar-refractivity contribution in [2.45, 2.75) is 51.5 Å². The average molecular weight is 451 g/mol. The molecule has 3 atom stereocenters. The molecule has 2 amide bonds. The normalized spacial score (nSPS) is 14.3. The molecule has 2 rings (SSSR count). The highest BCUT2D eigenvalue weighted by Gasteiger charge is 2.31. The second kappa shape index (κ2) is 10.9. The number of carbonyl (C=O) groups is 2. The van der Waals surface area contributed by atoms with Gasteiger partial charge in [-0.05, 0) is 29.2 Å². The number of pyridine rings is 1. The largest absolute Gasteiger partial charge is 0.416 e. The number of anilines is 1. The van der Waals surface area contributed by atoms with Gasteiger partial charge in [-0.1, -0.05) is 44.5 Å². The average Bonchev–Trinajstić information content (AvgIpc) is 2.76. The molecule has 0 saturated carbocycles. The lowest BCUT2D eigenvalue weighted by Crippen LogP contribution is -2.53. The second-order valence-electron chi connectivity index (χ2n) is 7.68. The summed E-state index contributed by atoms with van der Waals surface area (Å²) in [7, 11) is 0. The van der Waals surface area contributed by atoms with E-state index in [4.69, 9.17) is 11.5 Å². The van der Waals surface area contributed by atoms with Gasteiger partial charge in [0, 0.05) is 19.2 Å². The van der Waals surface area contributed by atoms with Crippen LogP contribution in [0.15, 0.2) is 42.6 Å². The van der Waals surface area contributed by atoms with E-state index < -0.39 is 35.6 Å². The van der Waals surface area contributed by atoms with E-state index in [9.17, 15) is 22.8 Å². The number of nitrogens with zero attached hydrogens (tertiary/aromatic N) is 1. The van der Waals surface area contributed by atoms with Crippen LogP contribution in [0.1, 0.15) is 37.0 Å². The monoisotopic (exact) mass is 451 g/mol. The molecule has 1 heterocycles. The third-order valence-corrected chi connectivity index (χ3v) is 5.20. The van der Waals surface area contributed by atoms with Gasteiger partial charge in [0.25, 0.3) is 0 Å². The Balaban J connectivity index is 2.19. The number of nitrogen functional groups attached to an aromatic ring is 1. The van der Waals surface area contributed by atoms with Gasteiger partial charge in [-0.25, -0.2) is 4.98 Å². The Morgan fingerprint density at radius 2 is 1.84 bits per heavy atom. The summed E-state index contributed by atoms with van der Waals surface area (Å²) in [5.74, 6) is -0.897. The Bertz CT molecular complexity index is 919. The Hall–Kier alpha value is -3.14. The number of nitrogens with one attached hydrogen (secondary N) is 2. The number of alkyl halides is 3. The molecule has 0 spiro atoms. The number of benzene rings is 1. The minimum Gasteiger partial charge on any atom is -0.384 e. The molecule has 0 aliphatic heterocycles. The third kappa shape index (κ3) is 7.23. The van der Waals surface area contributed by atoms with Gasteiger partial charge in [0.05, 0.1) is 11.6 Å². The molecule has 32 heavy (non-hydrogen) atoms. The first-order valence-corrected chi connectivity index (χ1v) is 10.2. The van der Waals surface area contributed by atoms with Crippen molar-refractivity contribution in [1.29, 1.82) is 0 Å². The van der Waals surface area contributed by atoms with E-state index in [0.717, 1.165) is 12.1 Å². The Labute approximate surface area is 184 Å². The topological polar surface area (TPSA) is 123 Å². The molecule has 1 unspecified atom stereocenters. The fourth-order valence-electron chi connectivity index (χ4n) is 2.95. The summed E-state index contributed by atoms with van der Waals surface area (Å²) in [4.78, 5) is 29.3. The van der Waals surface area contributed by atoms with E-state index >= 15 is 0 Å². The van der Waals surface area contributed by atoms with Gasteiger partial charge in [0.15, 0.2) is 0 Å². The number of aromatic nitrogens is 1. The molecule has 1 aromatic carbocycles. The number of halogens is 3. The highest BCUT2D eigenvalue weighted by molar-refractivity contribution is 5.90. The number of hydrogen-bond donors (Lipinski definition) is 4. The number of hydrogen-bond acceptors (Lipinski definition) is 5. The summed E-state index contributed by atoms with van der Waals surface area (Å²) in [5, 5.41) is 5.26. The lowest BCUT2D eigenvalue weighted by Gasteiger charge is -2.23. The lowest BCUT2D eigenvalue weighted by molar-refractivity contribution is -0.137. The van der Waals surface area contributed by atoms with Crippen LogP contribution < -0.4 is 22.1 Å². The third-order valence-electron chi connectivity index (χ3n) is 5.20. The molecular formula is C22H28F3N5O2. The first-order valence-electron chi connectivity index (χ1n) is 10.2. The van der Waals surface area contributed by atoms with Gasteiger partial charge >= 0.3 is 6.18 Å². The van der Waals surface area contributed by atoms with Gasteiger partial charge in [-0.2, -0.15) is 13.2 Å². The molecule has 1 aromatic heterocycles. The zero-order chi connectivity index (χ0) is 23.9. The van der Waals surface area contributed by atoms with Crippen molar-refractivity contribution in [3.05, 3.63) is 59.3 Å². The number of nitrogens with two attached hydrogens (primary N) is 2. The van der Waals surface area contributed by atoms with E-state index in [1.165, 1.54) is 18.3 Å². The predicted molar refractivity (Wildman–Crippen MR) is 115 cm³/mol. The summed E-state index contributed by atoms with van der Waals surface area (Å²) < 4.78 is 39.2. The fraction of sp³-hybridized carbons (Fsp3) is 0.409. The molecule has 0 bridgehead atoms. The van der Waals surface area contributed by atoms with Crippen LogP contribution in [0.2, 0.25) is 0 Å². The van der Waals surface area contributed by atoms with Gasteiger partial charge in [-0.15, -0.1) is 0 Å². The standard InChI is InChI=1S/C22H28F3N5O2/c1-3-13(2)19(27)21(32)30-17(10-14-5-4-6-16(9-14)22(23,24)25)20(31)29-12-15-7-8-18(26)28-11-15/h4-9,11,13,17,19H,3,10,12,27H2,1-2H3,(H2,26,28)(H,29,31)(H,30,32)/t13?,17-,19+/m1/s1. The van der Waals surface area contributed by atoms with E-state index in [2.05, 4.69) is 15.6 Å². The molecule has 2 aromatic rings. The van der Waals surface area contributed by atoms with Crippen LogP contribution in [0.25, 0.3) is 0 Å². The Morgan fingerprint density at radius 1 is 1.12 bits per heavy atom. The summed E-state index contributed by atoms with van der Waals surface area (Å²) >= 11 is 0. The van der Waals surface area contributed by atoms with Crippen molar-refractivity contribution >= 4 is 17.6 Å². The maximum atomic E-state index is 13.1. The van der Waals surface area contributed by atoms with Crippen LogP contribution >= 0.6 is 0 Å². The van der Waals surface area contributed by atoms with Crippen LogP contribution in [0, 0.1) is 5.92 Å². The molecule has 0 saturated heterocycles. The van der Waals surface area contributed by atoms with E-state index in [1.54, 1.807) is 19.1 Å². The van der Waals surface area contributed by atoms with E-state index in [0.29, 0.717) is 17.8 Å². The van der Waals surface area contributed by atoms with Gasteiger partial charge < -0.3 is 22.1 Å². The summed E-state index contributed by atoms with van der Waals surface area (Å²) in [5.41, 5.74) is 11.6. The molecule has 6 N–H and O–H groups in total. The van der Waals surface area contributed by atoms with Crippen molar-refractivity contribution in [3.63, 3.8) is 0 Å². The fourth-order valence-corrected chi connectivity index (χ4v) is 2.95. The molecule has 0 radical (unpaired) electrons. The summed E-state index contributed by atoms with van der Waals surface area (Å²) in [6, 6.07) is 5.95. The molecule has 0 aliphatic rings. The number of rotatable bonds is 9. The maximum Gasteiger partial charge on any atom is 0.416 e. The molecule has 7 nitrogen and oxygen atoms in total. The number of carbonyl (C=O) groups excluding carboxylic acids is 2. The zero-order valence-corrected chi connectivity index (χ0v) is 17.9. The highest BCUT2D eigenvalue weighted by Crippen LogP contribution is 2.29. The SMILES string of the molecule is CCC(C)[C@H](N)C(=O)N[C@H](Cc1cccc(C(F)(F)F)c1)C(=O)NCc1ccc(N)nc1. The maximum absolute atomic E-state index is 13.1. The smallest absolute Gasteiger partial charge is 0.384 e. The minimum absolute atomic E-state index is 0.110. The Kier molecular flexibility index (Phi) is 8.59. The van der Waals surface area contributed by atoms with Crippen LogP contribution in [-0.2, 0) is 28.7 Å². The van der Waals surface area contributed by atoms with E-state index in [1.807, 2.05) is 6.92 Å². The highest BCUT2D eigenvalue weighted by atomic mass is 19.4. The van der Waals surface area contributed by atoms with Gasteiger partial charge in [0.2, 0.25) is 11.8 Å². The predicted octanol–water partition coefficient (Wildman–Crippen LogP) is 2.40. The molecule has 0 aliphatic carbocycles. The van der Waals surface area contributed by atoms with Crippen molar-refractivity contribution < 1.29 is 22.8 Å². The first-order chi connectivity index (χ1) is 15.0. The van der Waals surface area contributed by atoms with Crippen molar-refractivity contribution in [1.82, 2.24) is 15.6 Å². The summed E-state index contributed by atoms with van der Waals surface area (Å²) in [6.07, 6.45) is -2.50. The van der Waals surface area contributed by atoms with Gasteiger partial charge in [0.1, 0.15) is 11.9 Å². The Morgan fingerprint density at radius 3 is 2.44 bits per heavy atom. The molecule has 174 valence electrons. The van der Waals surface area contributed by atoms with Crippen LogP contribution in [0.4, 0.5) is 19.0 Å². The van der Waals surface area contributed by atoms with Crippen LogP contribution in [-0.4, -0.2) is 28.9 Å². The van der Waals surface area contributed by atoms with Crippen molar-refractivity contribution in [3.8, 4) is 0 Å². The molecule has 10 heteroatoms. The van der Waals surface area contributed by atoms with Crippen molar-refractivity contribution in [2.75, 3.05) is 5.73 Å². The molecular weight excluding hydrogens is 423 g/mol. The van der Waals surface area contributed by atoms with Crippen molar-refractivity contribution in [2.24, 2.45) is 11.7 Å². The van der Waals surface area contributed by atoms with Crippen LogP contribution in [0.5, 0.6) is 0 Å². The van der Waals surface area contributed by atoms with E-state index in [-0.39, 0.29) is 24.4 Å². The lowest BCUT2D eigenvalue weighted by atomic mass is 9.98. The van der Waals surface area contributed by atoms with Crippen LogP contribution in [0.3, 0.4) is 0 Å². The quantitative estimate of drug-likeness (QED) is 0.466. The second-order valence-corrected chi connectivity index (χ2v) is 7.68. The summed E-state index contributed by atoms with van der Waals surface area (Å²) in [6.45, 7) is 3.80. The number of amides is 2. The van der Waals surface area contributed by atoms with Gasteiger partial charge in [-0.3, -0.25) is 9.59 Å². The molecule has 0 fully saturated rings. The first kappa shape index (κ1) is 25.1.